The van der Waals surface area contributed by atoms with E-state index in [4.69, 9.17) is 10.5 Å². The number of aromatic nitrogens is 3. The number of esters is 1. The highest BCUT2D eigenvalue weighted by Crippen LogP contribution is 2.36. The number of fused-ring (bicyclic) bond motifs is 1. The number of hydrogen-bond donors (Lipinski definition) is 1. The van der Waals surface area contributed by atoms with Gasteiger partial charge < -0.3 is 10.5 Å². The van der Waals surface area contributed by atoms with Crippen LogP contribution in [-0.2, 0) is 21.1 Å². The van der Waals surface area contributed by atoms with Gasteiger partial charge in [-0.3, -0.25) is 0 Å². The molecule has 0 aliphatic heterocycles. The van der Waals surface area contributed by atoms with Crippen LogP contribution in [0.5, 0.6) is 0 Å². The zero-order valence-electron chi connectivity index (χ0n) is 17.4. The highest BCUT2D eigenvalue weighted by molar-refractivity contribution is 7.92. The van der Waals surface area contributed by atoms with Gasteiger partial charge in [0.2, 0.25) is 0 Å². The maximum absolute atomic E-state index is 14.0. The topological polar surface area (TPSA) is 117 Å². The minimum atomic E-state index is -5.63. The van der Waals surface area contributed by atoms with Crippen molar-refractivity contribution in [2.24, 2.45) is 5.73 Å². The summed E-state index contributed by atoms with van der Waals surface area (Å²) in [5.41, 5.74) is 0.674. The standard InChI is InChI=1S/C20H18F4N4O4S/c1-11-3-4-14(33(30,31)20(22,23)24)9-15(11)16-7-12(19(29)32-2)8-17-18(16)26-27-28(17)10-13(21)5-6-25/h3-5,7-9H,6,10,25H2,1-2H3/b13-5-. The summed E-state index contributed by atoms with van der Waals surface area (Å²) in [4.78, 5) is 11.2. The molecule has 33 heavy (non-hydrogen) atoms. The van der Waals surface area contributed by atoms with Crippen molar-refractivity contribution in [1.29, 1.82) is 0 Å². The number of hydrogen-bond acceptors (Lipinski definition) is 7. The van der Waals surface area contributed by atoms with Crippen LogP contribution in [0.2, 0.25) is 0 Å². The van der Waals surface area contributed by atoms with Crippen molar-refractivity contribution in [2.45, 2.75) is 23.9 Å². The van der Waals surface area contributed by atoms with Crippen molar-refractivity contribution in [1.82, 2.24) is 15.0 Å². The molecule has 0 radical (unpaired) electrons. The third-order valence-corrected chi connectivity index (χ3v) is 6.28. The van der Waals surface area contributed by atoms with Gasteiger partial charge in [0.1, 0.15) is 11.3 Å². The smallest absolute Gasteiger partial charge is 0.465 e. The Labute approximate surface area is 185 Å². The molecule has 0 saturated carbocycles. The largest absolute Gasteiger partial charge is 0.501 e. The van der Waals surface area contributed by atoms with Gasteiger partial charge in [0.25, 0.3) is 9.84 Å². The van der Waals surface area contributed by atoms with Crippen LogP contribution in [0.15, 0.2) is 47.1 Å². The summed E-state index contributed by atoms with van der Waals surface area (Å²) >= 11 is 0. The Kier molecular flexibility index (Phi) is 6.56. The number of halogens is 4. The molecule has 176 valence electrons. The van der Waals surface area contributed by atoms with E-state index in [1.807, 2.05) is 0 Å². The summed E-state index contributed by atoms with van der Waals surface area (Å²) < 4.78 is 83.0. The van der Waals surface area contributed by atoms with E-state index in [0.29, 0.717) is 5.56 Å². The van der Waals surface area contributed by atoms with Crippen LogP contribution in [0, 0.1) is 6.92 Å². The predicted molar refractivity (Wildman–Crippen MR) is 111 cm³/mol. The minimum absolute atomic E-state index is 0.0183. The fourth-order valence-electron chi connectivity index (χ4n) is 3.15. The lowest BCUT2D eigenvalue weighted by molar-refractivity contribution is -0.0436. The molecule has 0 spiro atoms. The van der Waals surface area contributed by atoms with Crippen molar-refractivity contribution >= 4 is 26.8 Å². The number of methoxy groups -OCH3 is 1. The molecular weight excluding hydrogens is 468 g/mol. The zero-order chi connectivity index (χ0) is 24.6. The summed E-state index contributed by atoms with van der Waals surface area (Å²) in [6.45, 7) is 1.13. The van der Waals surface area contributed by atoms with Crippen LogP contribution in [0.1, 0.15) is 15.9 Å². The molecule has 0 aliphatic rings. The number of benzene rings is 2. The van der Waals surface area contributed by atoms with Crippen molar-refractivity contribution in [3.05, 3.63) is 53.4 Å². The van der Waals surface area contributed by atoms with E-state index in [1.54, 1.807) is 6.92 Å². The van der Waals surface area contributed by atoms with E-state index in [9.17, 15) is 30.8 Å². The SMILES string of the molecule is COC(=O)c1cc(-c2cc(S(=O)(=O)C(F)(F)F)ccc2C)c2nnn(C/C(F)=C/CN)c2c1. The van der Waals surface area contributed by atoms with Crippen LogP contribution >= 0.6 is 0 Å². The predicted octanol–water partition coefficient (Wildman–Crippen LogP) is 3.30. The molecule has 0 aliphatic carbocycles. The normalized spacial score (nSPS) is 12.9. The van der Waals surface area contributed by atoms with E-state index < -0.39 is 32.0 Å². The van der Waals surface area contributed by atoms with Gasteiger partial charge in [0.05, 0.1) is 29.6 Å². The maximum atomic E-state index is 14.0. The van der Waals surface area contributed by atoms with E-state index in [-0.39, 0.29) is 40.8 Å². The second-order valence-corrected chi connectivity index (χ2v) is 8.88. The molecule has 0 bridgehead atoms. The molecule has 1 heterocycles. The van der Waals surface area contributed by atoms with Gasteiger partial charge in [0.15, 0.2) is 0 Å². The number of alkyl halides is 3. The first kappa shape index (κ1) is 24.3. The minimum Gasteiger partial charge on any atom is -0.465 e. The Morgan fingerprint density at radius 1 is 1.21 bits per heavy atom. The first-order valence-corrected chi connectivity index (χ1v) is 10.8. The number of sulfone groups is 1. The Bertz CT molecular complexity index is 1360. The average Bonchev–Trinajstić information content (AvgIpc) is 3.14. The molecule has 0 unspecified atom stereocenters. The van der Waals surface area contributed by atoms with E-state index in [2.05, 4.69) is 10.3 Å². The van der Waals surface area contributed by atoms with Gasteiger partial charge in [-0.25, -0.2) is 22.3 Å². The summed E-state index contributed by atoms with van der Waals surface area (Å²) in [7, 11) is -4.49. The second kappa shape index (κ2) is 8.90. The third-order valence-electron chi connectivity index (χ3n) is 4.80. The van der Waals surface area contributed by atoms with Crippen LogP contribution in [0.4, 0.5) is 17.6 Å². The van der Waals surface area contributed by atoms with Gasteiger partial charge in [-0.15, -0.1) is 5.10 Å². The van der Waals surface area contributed by atoms with Crippen LogP contribution in [-0.4, -0.2) is 48.5 Å². The molecule has 3 rings (SSSR count). The van der Waals surface area contributed by atoms with Crippen molar-refractivity contribution in [3.8, 4) is 11.1 Å². The number of rotatable bonds is 6. The van der Waals surface area contributed by atoms with Crippen LogP contribution in [0.25, 0.3) is 22.2 Å². The fraction of sp³-hybridized carbons (Fsp3) is 0.250. The zero-order valence-corrected chi connectivity index (χ0v) is 18.2. The van der Waals surface area contributed by atoms with Crippen molar-refractivity contribution in [3.63, 3.8) is 0 Å². The lowest BCUT2D eigenvalue weighted by atomic mass is 9.97. The van der Waals surface area contributed by atoms with Crippen molar-refractivity contribution in [2.75, 3.05) is 13.7 Å². The molecule has 1 aromatic heterocycles. The molecule has 0 saturated heterocycles. The highest BCUT2D eigenvalue weighted by Gasteiger charge is 2.47. The maximum Gasteiger partial charge on any atom is 0.501 e. The molecule has 8 nitrogen and oxygen atoms in total. The fourth-order valence-corrected chi connectivity index (χ4v) is 3.94. The van der Waals surface area contributed by atoms with Gasteiger partial charge in [-0.05, 0) is 48.4 Å². The number of nitrogens with two attached hydrogens (primary N) is 1. The summed E-state index contributed by atoms with van der Waals surface area (Å²) in [5, 5.41) is 7.84. The Morgan fingerprint density at radius 3 is 2.52 bits per heavy atom. The molecule has 0 fully saturated rings. The lowest BCUT2D eigenvalue weighted by Gasteiger charge is -2.13. The quantitative estimate of drug-likeness (QED) is 0.420. The van der Waals surface area contributed by atoms with E-state index in [1.165, 1.54) is 18.2 Å². The second-order valence-electron chi connectivity index (χ2n) is 6.94. The van der Waals surface area contributed by atoms with Crippen LogP contribution in [0.3, 0.4) is 0 Å². The molecule has 2 aromatic carbocycles. The van der Waals surface area contributed by atoms with Crippen LogP contribution < -0.4 is 5.73 Å². The first-order chi connectivity index (χ1) is 15.4. The number of carbonyl (C=O) groups is 1. The van der Waals surface area contributed by atoms with Crippen molar-refractivity contribution < 1.29 is 35.5 Å². The summed E-state index contributed by atoms with van der Waals surface area (Å²) in [6.07, 6.45) is 1.12. The molecule has 13 heteroatoms. The Morgan fingerprint density at radius 2 is 1.91 bits per heavy atom. The van der Waals surface area contributed by atoms with E-state index >= 15 is 0 Å². The molecule has 0 amide bonds. The van der Waals surface area contributed by atoms with Gasteiger partial charge in [-0.2, -0.15) is 13.2 Å². The third kappa shape index (κ3) is 4.59. The summed E-state index contributed by atoms with van der Waals surface area (Å²) in [6, 6.07) is 5.53. The summed E-state index contributed by atoms with van der Waals surface area (Å²) in [5.74, 6) is -1.40. The van der Waals surface area contributed by atoms with Gasteiger partial charge in [-0.1, -0.05) is 11.3 Å². The van der Waals surface area contributed by atoms with Gasteiger partial charge >= 0.3 is 11.5 Å². The number of allylic oxidation sites excluding steroid dienone is 1. The molecule has 3 aromatic rings. The Balaban J connectivity index is 2.31. The molecular formula is C20H18F4N4O4S. The first-order valence-electron chi connectivity index (χ1n) is 9.33. The number of aryl methyl sites for hydroxylation is 1. The lowest BCUT2D eigenvalue weighted by Crippen LogP contribution is -2.23. The monoisotopic (exact) mass is 486 g/mol. The van der Waals surface area contributed by atoms with E-state index in [0.717, 1.165) is 30.0 Å². The molecule has 0 atom stereocenters. The average molecular weight is 486 g/mol. The number of ether oxygens (including phenoxy) is 1. The highest BCUT2D eigenvalue weighted by atomic mass is 32.2. The number of carbonyl (C=O) groups excluding carboxylic acids is 1. The number of nitrogens with zero attached hydrogens (tertiary/aromatic N) is 3. The Hall–Kier alpha value is -3.32. The van der Waals surface area contributed by atoms with Gasteiger partial charge in [0, 0.05) is 12.1 Å². The molecule has 2 N–H and O–H groups in total.